The molecule has 7 nitrogen and oxygen atoms in total. The van der Waals surface area contributed by atoms with Crippen molar-refractivity contribution in [2.75, 3.05) is 13.2 Å². The van der Waals surface area contributed by atoms with Gasteiger partial charge in [-0.25, -0.2) is 4.79 Å². The van der Waals surface area contributed by atoms with Crippen molar-refractivity contribution in [2.24, 2.45) is 0 Å². The smallest absolute Gasteiger partial charge is 0.411 e. The maximum absolute atomic E-state index is 12.2. The minimum absolute atomic E-state index is 0.216. The molecule has 0 spiro atoms. The summed E-state index contributed by atoms with van der Waals surface area (Å²) in [5.41, 5.74) is 1.60. The van der Waals surface area contributed by atoms with Gasteiger partial charge in [-0.15, -0.1) is 0 Å². The lowest BCUT2D eigenvalue weighted by Crippen LogP contribution is -2.52. The number of nitrogens with one attached hydrogen (secondary N) is 1. The van der Waals surface area contributed by atoms with Crippen molar-refractivity contribution in [3.63, 3.8) is 0 Å². The number of cyclic esters (lactones) is 1. The van der Waals surface area contributed by atoms with Gasteiger partial charge in [0.2, 0.25) is 11.8 Å². The van der Waals surface area contributed by atoms with Crippen molar-refractivity contribution in [1.29, 1.82) is 0 Å². The van der Waals surface area contributed by atoms with Gasteiger partial charge in [0.1, 0.15) is 18.8 Å². The molecule has 2 aliphatic rings. The zero-order valence-corrected chi connectivity index (χ0v) is 16.5. The van der Waals surface area contributed by atoms with Gasteiger partial charge in [0.05, 0.1) is 15.8 Å². The van der Waals surface area contributed by atoms with E-state index in [1.807, 2.05) is 45.5 Å². The second kappa shape index (κ2) is 8.75. The first-order valence-corrected chi connectivity index (χ1v) is 11.2. The third kappa shape index (κ3) is 4.49. The van der Waals surface area contributed by atoms with Gasteiger partial charge in [-0.1, -0.05) is 24.0 Å². The molecule has 2 fully saturated rings. The molecule has 1 unspecified atom stereocenters. The number of ether oxygens (including phenoxy) is 1. The van der Waals surface area contributed by atoms with Crippen molar-refractivity contribution in [3.05, 3.63) is 35.4 Å². The zero-order chi connectivity index (χ0) is 18.5. The number of benzene rings is 1. The van der Waals surface area contributed by atoms with Crippen LogP contribution in [0.5, 0.6) is 0 Å². The van der Waals surface area contributed by atoms with Gasteiger partial charge in [-0.2, -0.15) is 0 Å². The second-order valence-corrected chi connectivity index (χ2v) is 7.18. The molecular formula is C17H15IN2O5S. The monoisotopic (exact) mass is 486 g/mol. The molecule has 2 saturated heterocycles. The Morgan fingerprint density at radius 2 is 2.23 bits per heavy atom. The number of nitrogens with zero attached hydrogens (tertiary/aromatic N) is 1. The average Bonchev–Trinajstić information content (AvgIpc) is 3.01. The Hall–Kier alpha value is -1.77. The lowest BCUT2D eigenvalue weighted by Gasteiger charge is -2.27. The standard InChI is InChI=1S/C17H15IN2O5S/c18-26-24-8-2-4-11-3-1-5-12(9-11)14-10-20(17(23)25-14)13-6-7-15(21)19-16(13)22/h1,3,5,9,13-14H,6-8,10H2,(H,19,21,22)/t13?,14-/m1/s1. The third-order valence-electron chi connectivity index (χ3n) is 4.09. The SMILES string of the molecule is O=C1CCC(N2C[C@H](c3cccc(C#CCOSI)c3)OC2=O)C(=O)N1. The summed E-state index contributed by atoms with van der Waals surface area (Å²) in [4.78, 5) is 36.9. The van der Waals surface area contributed by atoms with Crippen molar-refractivity contribution in [3.8, 4) is 11.8 Å². The third-order valence-corrected chi connectivity index (χ3v) is 5.06. The summed E-state index contributed by atoms with van der Waals surface area (Å²) in [5, 5.41) is 2.26. The summed E-state index contributed by atoms with van der Waals surface area (Å²) in [6.45, 7) is 0.579. The van der Waals surface area contributed by atoms with Crippen LogP contribution in [0.3, 0.4) is 0 Å². The predicted octanol–water partition coefficient (Wildman–Crippen LogP) is 2.35. The largest absolute Gasteiger partial charge is 0.439 e. The van der Waals surface area contributed by atoms with Gasteiger partial charge >= 0.3 is 6.09 Å². The van der Waals surface area contributed by atoms with Gasteiger partial charge in [-0.3, -0.25) is 24.0 Å². The fourth-order valence-corrected chi connectivity index (χ4v) is 3.38. The van der Waals surface area contributed by atoms with E-state index in [9.17, 15) is 14.4 Å². The molecule has 0 saturated carbocycles. The van der Waals surface area contributed by atoms with Crippen LogP contribution in [0, 0.1) is 11.8 Å². The Morgan fingerprint density at radius 1 is 1.38 bits per heavy atom. The van der Waals surface area contributed by atoms with Crippen LogP contribution in [0.2, 0.25) is 0 Å². The van der Waals surface area contributed by atoms with Gasteiger partial charge < -0.3 is 4.74 Å². The number of hydrogen-bond acceptors (Lipinski definition) is 6. The Balaban J connectivity index is 1.69. The van der Waals surface area contributed by atoms with Crippen molar-refractivity contribution in [1.82, 2.24) is 10.2 Å². The van der Waals surface area contributed by atoms with E-state index in [0.717, 1.165) is 11.1 Å². The van der Waals surface area contributed by atoms with Crippen molar-refractivity contribution in [2.45, 2.75) is 25.0 Å². The maximum Gasteiger partial charge on any atom is 0.411 e. The Morgan fingerprint density at radius 3 is 3.00 bits per heavy atom. The number of amides is 3. The van der Waals surface area contributed by atoms with E-state index in [4.69, 9.17) is 8.92 Å². The summed E-state index contributed by atoms with van der Waals surface area (Å²) in [7, 11) is 1.23. The molecule has 3 amide bonds. The summed E-state index contributed by atoms with van der Waals surface area (Å²) in [5.74, 6) is 5.13. The van der Waals surface area contributed by atoms with Crippen molar-refractivity contribution >= 4 is 48.3 Å². The topological polar surface area (TPSA) is 84.9 Å². The minimum atomic E-state index is -0.670. The van der Waals surface area contributed by atoms with Gasteiger partial charge in [-0.05, 0) is 24.1 Å². The average molecular weight is 486 g/mol. The summed E-state index contributed by atoms with van der Waals surface area (Å²) < 4.78 is 10.5. The zero-order valence-electron chi connectivity index (χ0n) is 13.6. The molecule has 0 aliphatic carbocycles. The normalized spacial score (nSPS) is 22.5. The fourth-order valence-electron chi connectivity index (χ4n) is 2.89. The minimum Gasteiger partial charge on any atom is -0.439 e. The highest BCUT2D eigenvalue weighted by Crippen LogP contribution is 2.29. The van der Waals surface area contributed by atoms with Crippen LogP contribution in [-0.4, -0.2) is 42.0 Å². The first kappa shape index (κ1) is 19.0. The van der Waals surface area contributed by atoms with Crippen LogP contribution in [-0.2, 0) is 18.5 Å². The van der Waals surface area contributed by atoms with Crippen LogP contribution in [0.25, 0.3) is 0 Å². The van der Waals surface area contributed by atoms with E-state index >= 15 is 0 Å². The molecule has 3 rings (SSSR count). The fraction of sp³-hybridized carbons (Fsp3) is 0.353. The van der Waals surface area contributed by atoms with E-state index in [1.165, 1.54) is 14.1 Å². The van der Waals surface area contributed by atoms with Gasteiger partial charge in [0, 0.05) is 33.2 Å². The number of hydrogen-bond donors (Lipinski definition) is 1. The highest BCUT2D eigenvalue weighted by Gasteiger charge is 2.41. The Kier molecular flexibility index (Phi) is 6.39. The summed E-state index contributed by atoms with van der Waals surface area (Å²) in [6, 6.07) is 6.75. The molecule has 2 heterocycles. The molecule has 0 aromatic heterocycles. The molecule has 1 aromatic carbocycles. The highest BCUT2D eigenvalue weighted by molar-refractivity contribution is 14.2. The van der Waals surface area contributed by atoms with Gasteiger partial charge in [0.15, 0.2) is 0 Å². The summed E-state index contributed by atoms with van der Waals surface area (Å²) in [6.07, 6.45) is -0.496. The van der Waals surface area contributed by atoms with Gasteiger partial charge in [0.25, 0.3) is 0 Å². The van der Waals surface area contributed by atoms with Crippen LogP contribution in [0.1, 0.15) is 30.1 Å². The highest BCUT2D eigenvalue weighted by atomic mass is 127. The molecular weight excluding hydrogens is 471 g/mol. The quantitative estimate of drug-likeness (QED) is 0.231. The predicted molar refractivity (Wildman–Crippen MR) is 103 cm³/mol. The first-order chi connectivity index (χ1) is 12.6. The molecule has 9 heteroatoms. The molecule has 2 atom stereocenters. The van der Waals surface area contributed by atoms with Crippen LogP contribution in [0.15, 0.2) is 24.3 Å². The van der Waals surface area contributed by atoms with Crippen LogP contribution < -0.4 is 5.32 Å². The lowest BCUT2D eigenvalue weighted by molar-refractivity contribution is -0.136. The Bertz CT molecular complexity index is 791. The summed E-state index contributed by atoms with van der Waals surface area (Å²) >= 11 is 2.02. The molecule has 2 aliphatic heterocycles. The molecule has 1 N–H and O–H groups in total. The lowest BCUT2D eigenvalue weighted by atomic mass is 10.0. The van der Waals surface area contributed by atoms with Crippen molar-refractivity contribution < 1.29 is 23.3 Å². The number of rotatable bonds is 4. The number of halogens is 1. The number of imide groups is 1. The second-order valence-electron chi connectivity index (χ2n) is 5.74. The molecule has 0 bridgehead atoms. The molecule has 1 aromatic rings. The number of carbonyl (C=O) groups excluding carboxylic acids is 3. The molecule has 136 valence electrons. The van der Waals surface area contributed by atoms with E-state index in [1.54, 1.807) is 0 Å². The van der Waals surface area contributed by atoms with Crippen LogP contribution in [0.4, 0.5) is 4.79 Å². The van der Waals surface area contributed by atoms with E-state index in [2.05, 4.69) is 17.2 Å². The number of piperidine rings is 1. The van der Waals surface area contributed by atoms with E-state index in [-0.39, 0.29) is 18.9 Å². The first-order valence-electron chi connectivity index (χ1n) is 7.88. The molecule has 26 heavy (non-hydrogen) atoms. The Labute approximate surface area is 166 Å². The van der Waals surface area contributed by atoms with Crippen LogP contribution >= 0.6 is 30.4 Å². The van der Waals surface area contributed by atoms with E-state index in [0.29, 0.717) is 13.0 Å². The molecule has 0 radical (unpaired) electrons. The maximum atomic E-state index is 12.2. The van der Waals surface area contributed by atoms with E-state index < -0.39 is 24.1 Å². The number of carbonyl (C=O) groups is 3.